The van der Waals surface area contributed by atoms with E-state index in [0.29, 0.717) is 0 Å². The van der Waals surface area contributed by atoms with Crippen LogP contribution in [0.5, 0.6) is 11.5 Å². The largest absolute Gasteiger partial charge is 0.504 e. The Hall–Kier alpha value is -2.24. The van der Waals surface area contributed by atoms with Gasteiger partial charge in [-0.15, -0.1) is 0 Å². The minimum atomic E-state index is -0.819. The standard InChI is InChI=1S/C20H30O6/c1-18(2,3)14-11(16(23)25-19(4,5)6)10-12(21)15(22)13(14)17(24)26-20(7,8)9/h10,21-22H,1-9H3. The smallest absolute Gasteiger partial charge is 0.342 e. The van der Waals surface area contributed by atoms with Gasteiger partial charge < -0.3 is 19.7 Å². The second kappa shape index (κ2) is 6.82. The monoisotopic (exact) mass is 366 g/mol. The molecule has 146 valence electrons. The summed E-state index contributed by atoms with van der Waals surface area (Å²) in [4.78, 5) is 25.4. The third-order valence-electron chi connectivity index (χ3n) is 3.25. The zero-order valence-corrected chi connectivity index (χ0v) is 17.1. The van der Waals surface area contributed by atoms with Crippen LogP contribution in [0.1, 0.15) is 88.6 Å². The van der Waals surface area contributed by atoms with Crippen molar-refractivity contribution in [2.24, 2.45) is 0 Å². The SMILES string of the molecule is CC(C)(C)OC(=O)c1cc(O)c(O)c(C(=O)OC(C)(C)C)c1C(C)(C)C. The third kappa shape index (κ3) is 5.38. The molecule has 0 spiro atoms. The molecule has 0 unspecified atom stereocenters. The summed E-state index contributed by atoms with van der Waals surface area (Å²) in [5.74, 6) is -2.71. The van der Waals surface area contributed by atoms with Crippen molar-refractivity contribution in [3.05, 3.63) is 22.8 Å². The molecule has 6 heteroatoms. The number of phenolic OH excluding ortho intramolecular Hbond substituents is 2. The van der Waals surface area contributed by atoms with E-state index in [1.807, 2.05) is 0 Å². The van der Waals surface area contributed by atoms with Crippen molar-refractivity contribution >= 4 is 11.9 Å². The molecule has 1 aromatic rings. The first kappa shape index (κ1) is 21.8. The zero-order chi connectivity index (χ0) is 20.7. The number of phenols is 2. The number of carbonyl (C=O) groups is 2. The third-order valence-corrected chi connectivity index (χ3v) is 3.25. The van der Waals surface area contributed by atoms with E-state index in [2.05, 4.69) is 0 Å². The second-order valence-electron chi connectivity index (χ2n) is 9.30. The number of aromatic hydroxyl groups is 2. The minimum absolute atomic E-state index is 0.0172. The predicted molar refractivity (Wildman–Crippen MR) is 98.8 cm³/mol. The quantitative estimate of drug-likeness (QED) is 0.598. The van der Waals surface area contributed by atoms with E-state index in [-0.39, 0.29) is 16.7 Å². The molecule has 0 atom stereocenters. The zero-order valence-electron chi connectivity index (χ0n) is 17.1. The number of hydrogen-bond donors (Lipinski definition) is 2. The molecule has 26 heavy (non-hydrogen) atoms. The predicted octanol–water partition coefficient (Wildman–Crippen LogP) is 4.31. The van der Waals surface area contributed by atoms with Crippen LogP contribution in [0.4, 0.5) is 0 Å². The Morgan fingerprint density at radius 2 is 1.23 bits per heavy atom. The van der Waals surface area contributed by atoms with Crippen molar-refractivity contribution in [1.29, 1.82) is 0 Å². The average molecular weight is 366 g/mol. The van der Waals surface area contributed by atoms with Crippen LogP contribution in [0, 0.1) is 0 Å². The van der Waals surface area contributed by atoms with Crippen LogP contribution in [0.25, 0.3) is 0 Å². The summed E-state index contributed by atoms with van der Waals surface area (Å²) in [7, 11) is 0. The highest BCUT2D eigenvalue weighted by atomic mass is 16.6. The van der Waals surface area contributed by atoms with Crippen LogP contribution in [0.15, 0.2) is 6.07 Å². The van der Waals surface area contributed by atoms with E-state index in [1.165, 1.54) is 0 Å². The Morgan fingerprint density at radius 3 is 1.62 bits per heavy atom. The molecule has 1 aromatic carbocycles. The van der Waals surface area contributed by atoms with Crippen molar-refractivity contribution in [3.8, 4) is 11.5 Å². The summed E-state index contributed by atoms with van der Waals surface area (Å²) in [6, 6.07) is 1.12. The summed E-state index contributed by atoms with van der Waals surface area (Å²) >= 11 is 0. The Bertz CT molecular complexity index is 712. The molecule has 1 rings (SSSR count). The van der Waals surface area contributed by atoms with Gasteiger partial charge in [0.25, 0.3) is 0 Å². The molecule has 0 aliphatic heterocycles. The van der Waals surface area contributed by atoms with Crippen LogP contribution in [0.3, 0.4) is 0 Å². The summed E-state index contributed by atoms with van der Waals surface area (Å²) in [6.07, 6.45) is 0. The Balaban J connectivity index is 3.74. The molecule has 0 saturated carbocycles. The fourth-order valence-corrected chi connectivity index (χ4v) is 2.46. The molecule has 6 nitrogen and oxygen atoms in total. The Kier molecular flexibility index (Phi) is 5.72. The minimum Gasteiger partial charge on any atom is -0.504 e. The van der Waals surface area contributed by atoms with Gasteiger partial charge in [0.2, 0.25) is 0 Å². The van der Waals surface area contributed by atoms with E-state index < -0.39 is 40.1 Å². The number of hydrogen-bond acceptors (Lipinski definition) is 6. The second-order valence-corrected chi connectivity index (χ2v) is 9.30. The van der Waals surface area contributed by atoms with Crippen molar-refractivity contribution in [2.75, 3.05) is 0 Å². The number of rotatable bonds is 2. The number of benzene rings is 1. The van der Waals surface area contributed by atoms with Gasteiger partial charge in [0, 0.05) is 0 Å². The lowest BCUT2D eigenvalue weighted by atomic mass is 9.79. The molecule has 0 aliphatic rings. The van der Waals surface area contributed by atoms with E-state index in [0.717, 1.165) is 6.07 Å². The van der Waals surface area contributed by atoms with Crippen molar-refractivity contribution in [3.63, 3.8) is 0 Å². The lowest BCUT2D eigenvalue weighted by Gasteiger charge is -2.29. The van der Waals surface area contributed by atoms with Crippen LogP contribution in [-0.2, 0) is 14.9 Å². The maximum atomic E-state index is 12.7. The van der Waals surface area contributed by atoms with Crippen LogP contribution in [-0.4, -0.2) is 33.4 Å². The maximum absolute atomic E-state index is 12.7. The first-order valence-corrected chi connectivity index (χ1v) is 8.50. The van der Waals surface area contributed by atoms with E-state index >= 15 is 0 Å². The molecule has 2 N–H and O–H groups in total. The van der Waals surface area contributed by atoms with E-state index in [4.69, 9.17) is 9.47 Å². The number of ether oxygens (including phenoxy) is 2. The highest BCUT2D eigenvalue weighted by Crippen LogP contribution is 2.41. The molecule has 0 fully saturated rings. The summed E-state index contributed by atoms with van der Waals surface area (Å²) in [6.45, 7) is 15.6. The molecular weight excluding hydrogens is 336 g/mol. The van der Waals surface area contributed by atoms with Crippen LogP contribution in [0.2, 0.25) is 0 Å². The fourth-order valence-electron chi connectivity index (χ4n) is 2.46. The molecule has 0 aliphatic carbocycles. The maximum Gasteiger partial charge on any atom is 0.342 e. The summed E-state index contributed by atoms with van der Waals surface area (Å²) in [5.41, 5.74) is -2.22. The van der Waals surface area contributed by atoms with Gasteiger partial charge in [-0.2, -0.15) is 0 Å². The van der Waals surface area contributed by atoms with Gasteiger partial charge in [-0.1, -0.05) is 20.8 Å². The Labute approximate surface area is 155 Å². The molecular formula is C20H30O6. The molecule has 0 amide bonds. The van der Waals surface area contributed by atoms with Gasteiger partial charge in [-0.25, -0.2) is 9.59 Å². The Morgan fingerprint density at radius 1 is 0.808 bits per heavy atom. The van der Waals surface area contributed by atoms with Gasteiger partial charge in [0.1, 0.15) is 16.8 Å². The summed E-state index contributed by atoms with van der Waals surface area (Å²) in [5, 5.41) is 20.4. The highest BCUT2D eigenvalue weighted by molar-refractivity contribution is 6.02. The summed E-state index contributed by atoms with van der Waals surface area (Å²) < 4.78 is 10.8. The van der Waals surface area contributed by atoms with Gasteiger partial charge in [-0.05, 0) is 58.6 Å². The van der Waals surface area contributed by atoms with Crippen molar-refractivity contribution in [1.82, 2.24) is 0 Å². The first-order valence-electron chi connectivity index (χ1n) is 8.50. The van der Waals surface area contributed by atoms with Gasteiger partial charge >= 0.3 is 11.9 Å². The topological polar surface area (TPSA) is 93.1 Å². The van der Waals surface area contributed by atoms with Crippen LogP contribution >= 0.6 is 0 Å². The van der Waals surface area contributed by atoms with Crippen molar-refractivity contribution < 1.29 is 29.3 Å². The van der Waals surface area contributed by atoms with Gasteiger partial charge in [0.05, 0.1) is 5.56 Å². The number of carbonyl (C=O) groups excluding carboxylic acids is 2. The molecule has 0 saturated heterocycles. The lowest BCUT2D eigenvalue weighted by Crippen LogP contribution is -2.30. The van der Waals surface area contributed by atoms with E-state index in [1.54, 1.807) is 62.3 Å². The van der Waals surface area contributed by atoms with Gasteiger partial charge in [0.15, 0.2) is 11.5 Å². The van der Waals surface area contributed by atoms with Gasteiger partial charge in [-0.3, -0.25) is 0 Å². The molecule has 0 heterocycles. The van der Waals surface area contributed by atoms with E-state index in [9.17, 15) is 19.8 Å². The molecule has 0 bridgehead atoms. The average Bonchev–Trinajstić information content (AvgIpc) is 2.35. The van der Waals surface area contributed by atoms with Crippen molar-refractivity contribution in [2.45, 2.75) is 78.9 Å². The normalized spacial score (nSPS) is 12.7. The number of esters is 2. The lowest BCUT2D eigenvalue weighted by molar-refractivity contribution is 0.00628. The molecule has 0 radical (unpaired) electrons. The molecule has 0 aromatic heterocycles. The highest BCUT2D eigenvalue weighted by Gasteiger charge is 2.35. The van der Waals surface area contributed by atoms with Crippen LogP contribution < -0.4 is 0 Å². The fraction of sp³-hybridized carbons (Fsp3) is 0.600. The first-order chi connectivity index (χ1) is 11.4.